The van der Waals surface area contributed by atoms with Crippen LogP contribution in [-0.4, -0.2) is 28.1 Å². The third-order valence-corrected chi connectivity index (χ3v) is 4.11. The Morgan fingerprint density at radius 1 is 1.20 bits per heavy atom. The van der Waals surface area contributed by atoms with Crippen LogP contribution < -0.4 is 16.0 Å². The Kier molecular flexibility index (Phi) is 5.87. The summed E-state index contributed by atoms with van der Waals surface area (Å²) >= 11 is 0. The zero-order valence-corrected chi connectivity index (χ0v) is 15.6. The molecule has 154 valence electrons. The molecule has 0 aliphatic rings. The summed E-state index contributed by atoms with van der Waals surface area (Å²) in [4.78, 5) is 15.9. The van der Waals surface area contributed by atoms with E-state index in [1.807, 2.05) is 6.07 Å². The second kappa shape index (κ2) is 8.52. The van der Waals surface area contributed by atoms with E-state index in [9.17, 15) is 18.0 Å². The number of para-hydroxylation sites is 1. The highest BCUT2D eigenvalue weighted by Gasteiger charge is 2.34. The number of amides is 1. The van der Waals surface area contributed by atoms with Crippen LogP contribution in [-0.2, 0) is 12.6 Å². The van der Waals surface area contributed by atoms with Crippen molar-refractivity contribution < 1.29 is 18.0 Å². The first-order valence-electron chi connectivity index (χ1n) is 8.65. The predicted molar refractivity (Wildman–Crippen MR) is 104 cm³/mol. The molecule has 0 saturated heterocycles. The fraction of sp³-hybridized carbons (Fsp3) is 0.158. The van der Waals surface area contributed by atoms with E-state index in [2.05, 4.69) is 31.1 Å². The van der Waals surface area contributed by atoms with E-state index >= 15 is 0 Å². The van der Waals surface area contributed by atoms with Gasteiger partial charge in [-0.15, -0.1) is 0 Å². The van der Waals surface area contributed by atoms with Crippen molar-refractivity contribution in [2.45, 2.75) is 12.6 Å². The van der Waals surface area contributed by atoms with Gasteiger partial charge in [-0.3, -0.25) is 9.89 Å². The number of aromatic nitrogens is 3. The lowest BCUT2D eigenvalue weighted by molar-refractivity contribution is -0.137. The number of H-pyrrole nitrogens is 1. The van der Waals surface area contributed by atoms with E-state index in [-0.39, 0.29) is 29.2 Å². The summed E-state index contributed by atoms with van der Waals surface area (Å²) in [5.74, 6) is -0.345. The minimum absolute atomic E-state index is 0.0110. The van der Waals surface area contributed by atoms with Gasteiger partial charge in [-0.25, -0.2) is 4.98 Å². The molecular weight excluding hydrogens is 399 g/mol. The number of anilines is 4. The molecule has 8 nitrogen and oxygen atoms in total. The number of nitrogens with zero attached hydrogens (tertiary/aromatic N) is 3. The Bertz CT molecular complexity index is 1100. The second-order valence-electron chi connectivity index (χ2n) is 6.07. The standard InChI is InChI=1S/C19H16F3N7O/c1-24-18(30)11-4-2-3-5-13(11)27-15-8-17(25-9-12(15)19(20,21)22)28-16-10-26-29-14(16)6-7-23/h2-5,8-10H,6H2,1H3,(H,24,30)(H,26,29)(H2,25,27,28). The maximum Gasteiger partial charge on any atom is 0.419 e. The molecule has 1 amide bonds. The first-order chi connectivity index (χ1) is 14.3. The first kappa shape index (κ1) is 20.7. The Morgan fingerprint density at radius 3 is 2.67 bits per heavy atom. The molecule has 1 aromatic carbocycles. The van der Waals surface area contributed by atoms with Crippen molar-refractivity contribution >= 4 is 28.8 Å². The largest absolute Gasteiger partial charge is 0.419 e. The lowest BCUT2D eigenvalue weighted by Crippen LogP contribution is -2.19. The minimum Gasteiger partial charge on any atom is -0.355 e. The van der Waals surface area contributed by atoms with Crippen LogP contribution in [0, 0.1) is 11.3 Å². The van der Waals surface area contributed by atoms with Crippen LogP contribution in [0.5, 0.6) is 0 Å². The van der Waals surface area contributed by atoms with Crippen molar-refractivity contribution in [1.82, 2.24) is 20.5 Å². The smallest absolute Gasteiger partial charge is 0.355 e. The van der Waals surface area contributed by atoms with Gasteiger partial charge in [0.05, 0.1) is 46.4 Å². The highest BCUT2D eigenvalue weighted by molar-refractivity contribution is 6.00. The molecule has 4 N–H and O–H groups in total. The number of carbonyl (C=O) groups excluding carboxylic acids is 1. The fourth-order valence-corrected chi connectivity index (χ4v) is 2.70. The average Bonchev–Trinajstić information content (AvgIpc) is 3.14. The molecule has 11 heteroatoms. The van der Waals surface area contributed by atoms with Gasteiger partial charge in [0.1, 0.15) is 5.82 Å². The Balaban J connectivity index is 2.00. The maximum atomic E-state index is 13.5. The second-order valence-corrected chi connectivity index (χ2v) is 6.07. The van der Waals surface area contributed by atoms with E-state index in [4.69, 9.17) is 5.26 Å². The van der Waals surface area contributed by atoms with Crippen LogP contribution in [0.3, 0.4) is 0 Å². The van der Waals surface area contributed by atoms with Gasteiger partial charge in [0.15, 0.2) is 0 Å². The Hall–Kier alpha value is -4.07. The Morgan fingerprint density at radius 2 is 1.97 bits per heavy atom. The van der Waals surface area contributed by atoms with Crippen molar-refractivity contribution in [2.24, 2.45) is 0 Å². The van der Waals surface area contributed by atoms with Gasteiger partial charge in [0, 0.05) is 25.5 Å². The first-order valence-corrected chi connectivity index (χ1v) is 8.65. The molecule has 0 atom stereocenters. The summed E-state index contributed by atoms with van der Waals surface area (Å²) < 4.78 is 40.6. The Labute approximate surface area is 169 Å². The number of alkyl halides is 3. The molecule has 30 heavy (non-hydrogen) atoms. The van der Waals surface area contributed by atoms with Crippen LogP contribution in [0.4, 0.5) is 36.1 Å². The molecule has 2 heterocycles. The molecule has 2 aromatic heterocycles. The molecule has 0 fully saturated rings. The summed E-state index contributed by atoms with van der Waals surface area (Å²) in [6.07, 6.45) is -2.49. The zero-order chi connectivity index (χ0) is 21.7. The lowest BCUT2D eigenvalue weighted by atomic mass is 10.1. The van der Waals surface area contributed by atoms with Crippen molar-refractivity contribution in [1.29, 1.82) is 5.26 Å². The quantitative estimate of drug-likeness (QED) is 0.487. The van der Waals surface area contributed by atoms with Crippen molar-refractivity contribution in [3.8, 4) is 6.07 Å². The van der Waals surface area contributed by atoms with Crippen LogP contribution >= 0.6 is 0 Å². The monoisotopic (exact) mass is 415 g/mol. The van der Waals surface area contributed by atoms with E-state index in [0.29, 0.717) is 17.6 Å². The van der Waals surface area contributed by atoms with Gasteiger partial charge >= 0.3 is 6.18 Å². The predicted octanol–water partition coefficient (Wildman–Crippen LogP) is 3.74. The van der Waals surface area contributed by atoms with E-state index in [1.54, 1.807) is 12.1 Å². The third-order valence-electron chi connectivity index (χ3n) is 4.11. The number of hydrogen-bond donors (Lipinski definition) is 4. The molecule has 0 aliphatic heterocycles. The number of hydrogen-bond acceptors (Lipinski definition) is 6. The summed E-state index contributed by atoms with van der Waals surface area (Å²) in [6, 6.07) is 9.32. The molecule has 3 aromatic rings. The number of nitriles is 1. The van der Waals surface area contributed by atoms with Crippen LogP contribution in [0.1, 0.15) is 21.6 Å². The van der Waals surface area contributed by atoms with Gasteiger partial charge in [-0.05, 0) is 12.1 Å². The van der Waals surface area contributed by atoms with Gasteiger partial charge < -0.3 is 16.0 Å². The van der Waals surface area contributed by atoms with Crippen LogP contribution in [0.25, 0.3) is 0 Å². The van der Waals surface area contributed by atoms with E-state index in [0.717, 1.165) is 0 Å². The average molecular weight is 415 g/mol. The van der Waals surface area contributed by atoms with Gasteiger partial charge in [-0.1, -0.05) is 12.1 Å². The molecule has 0 radical (unpaired) electrons. The van der Waals surface area contributed by atoms with E-state index in [1.165, 1.54) is 31.4 Å². The zero-order valence-electron chi connectivity index (χ0n) is 15.6. The molecule has 0 bridgehead atoms. The van der Waals surface area contributed by atoms with Crippen LogP contribution in [0.2, 0.25) is 0 Å². The summed E-state index contributed by atoms with van der Waals surface area (Å²) in [5, 5.41) is 23.3. The van der Waals surface area contributed by atoms with Crippen LogP contribution in [0.15, 0.2) is 42.7 Å². The highest BCUT2D eigenvalue weighted by atomic mass is 19.4. The van der Waals surface area contributed by atoms with Crippen molar-refractivity contribution in [2.75, 3.05) is 17.7 Å². The van der Waals surface area contributed by atoms with Gasteiger partial charge in [0.25, 0.3) is 5.91 Å². The normalized spacial score (nSPS) is 10.9. The van der Waals surface area contributed by atoms with Gasteiger partial charge in [0.2, 0.25) is 0 Å². The number of pyridine rings is 1. The number of benzene rings is 1. The third kappa shape index (κ3) is 4.49. The molecular formula is C19H16F3N7O. The number of carbonyl (C=O) groups is 1. The van der Waals surface area contributed by atoms with E-state index < -0.39 is 17.6 Å². The van der Waals surface area contributed by atoms with Crippen molar-refractivity contribution in [3.63, 3.8) is 0 Å². The fourth-order valence-electron chi connectivity index (χ4n) is 2.70. The van der Waals surface area contributed by atoms with Gasteiger partial charge in [-0.2, -0.15) is 23.5 Å². The number of aromatic amines is 1. The SMILES string of the molecule is CNC(=O)c1ccccc1Nc1cc(Nc2c[nH]nc2CC#N)ncc1C(F)(F)F. The molecule has 0 aliphatic carbocycles. The number of rotatable bonds is 6. The highest BCUT2D eigenvalue weighted by Crippen LogP contribution is 2.37. The molecule has 0 unspecified atom stereocenters. The maximum absolute atomic E-state index is 13.5. The summed E-state index contributed by atoms with van der Waals surface area (Å²) in [7, 11) is 1.43. The molecule has 0 spiro atoms. The molecule has 0 saturated carbocycles. The topological polar surface area (TPSA) is 119 Å². The number of halogens is 3. The van der Waals surface area contributed by atoms with Crippen molar-refractivity contribution in [3.05, 3.63) is 59.5 Å². The summed E-state index contributed by atoms with van der Waals surface area (Å²) in [5.41, 5.74) is -0.0800. The minimum atomic E-state index is -4.67. The summed E-state index contributed by atoms with van der Waals surface area (Å²) in [6.45, 7) is 0. The number of nitrogens with one attached hydrogen (secondary N) is 4. The lowest BCUT2D eigenvalue weighted by Gasteiger charge is -2.17. The molecule has 3 rings (SSSR count).